The van der Waals surface area contributed by atoms with E-state index in [0.717, 1.165) is 25.9 Å². The van der Waals surface area contributed by atoms with Crippen LogP contribution in [0.25, 0.3) is 11.2 Å². The second-order valence-corrected chi connectivity index (χ2v) is 6.79. The van der Waals surface area contributed by atoms with Gasteiger partial charge in [-0.05, 0) is 32.9 Å². The van der Waals surface area contributed by atoms with Gasteiger partial charge < -0.3 is 9.30 Å². The highest BCUT2D eigenvalue weighted by Gasteiger charge is 2.28. The zero-order valence-corrected chi connectivity index (χ0v) is 17.4. The lowest BCUT2D eigenvalue weighted by Crippen LogP contribution is -2.32. The quantitative estimate of drug-likeness (QED) is 0.615. The van der Waals surface area contributed by atoms with Crippen molar-refractivity contribution in [1.82, 2.24) is 24.0 Å². The summed E-state index contributed by atoms with van der Waals surface area (Å²) in [4.78, 5) is 46.4. The molecule has 1 N–H and O–H groups in total. The summed E-state index contributed by atoms with van der Waals surface area (Å²) in [6.07, 6.45) is 2.56. The molecule has 0 aliphatic rings. The number of ether oxygens (including phenoxy) is 1. The minimum atomic E-state index is -0.677. The normalized spacial score (nSPS) is 12.6. The molecule has 1 atom stereocenters. The van der Waals surface area contributed by atoms with Gasteiger partial charge in [0.2, 0.25) is 0 Å². The summed E-state index contributed by atoms with van der Waals surface area (Å²) in [5.41, 5.74) is -0.575. The fraction of sp³-hybridized carbons (Fsp3) is 0.684. The van der Waals surface area contributed by atoms with Gasteiger partial charge in [0.05, 0.1) is 13.2 Å². The number of aromatic amines is 1. The first-order valence-electron chi connectivity index (χ1n) is 9.98. The van der Waals surface area contributed by atoms with E-state index in [1.165, 1.54) is 4.57 Å². The van der Waals surface area contributed by atoms with E-state index in [9.17, 15) is 14.4 Å². The molecule has 28 heavy (non-hydrogen) atoms. The van der Waals surface area contributed by atoms with E-state index < -0.39 is 23.3 Å². The third-order valence-electron chi connectivity index (χ3n) is 4.92. The van der Waals surface area contributed by atoms with Crippen LogP contribution in [0.2, 0.25) is 0 Å². The molecule has 0 unspecified atom stereocenters. The number of nitrogens with one attached hydrogen (secondary N) is 1. The van der Waals surface area contributed by atoms with Gasteiger partial charge in [-0.25, -0.2) is 14.6 Å². The van der Waals surface area contributed by atoms with Crippen LogP contribution in [-0.4, -0.2) is 49.7 Å². The average molecular weight is 393 g/mol. The Hall–Kier alpha value is -2.42. The maximum atomic E-state index is 12.6. The van der Waals surface area contributed by atoms with Gasteiger partial charge in [-0.2, -0.15) is 0 Å². The van der Waals surface area contributed by atoms with Crippen LogP contribution in [0.3, 0.4) is 0 Å². The van der Waals surface area contributed by atoms with Gasteiger partial charge in [-0.15, -0.1) is 0 Å². The van der Waals surface area contributed by atoms with Crippen molar-refractivity contribution in [3.63, 3.8) is 0 Å². The number of hydrogen-bond acceptors (Lipinski definition) is 6. The fourth-order valence-corrected chi connectivity index (χ4v) is 3.32. The summed E-state index contributed by atoms with van der Waals surface area (Å²) >= 11 is 0. The van der Waals surface area contributed by atoms with Crippen LogP contribution in [0.5, 0.6) is 0 Å². The molecule has 0 amide bonds. The first kappa shape index (κ1) is 21.9. The molecule has 0 fully saturated rings. The number of nitrogens with zero attached hydrogens (tertiary/aromatic N) is 4. The van der Waals surface area contributed by atoms with Crippen LogP contribution >= 0.6 is 0 Å². The summed E-state index contributed by atoms with van der Waals surface area (Å²) in [5, 5.41) is 0. The molecule has 0 aliphatic carbocycles. The Labute approximate surface area is 164 Å². The van der Waals surface area contributed by atoms with E-state index in [0.29, 0.717) is 18.8 Å². The molecule has 0 spiro atoms. The number of esters is 1. The number of hydrogen-bond donors (Lipinski definition) is 1. The SMILES string of the molecule is CCCCN(CC)Cc1nc2c(c(=O)[nH]c(=O)n2C)n1[C@@H](CC)C(=O)OCC. The van der Waals surface area contributed by atoms with Gasteiger partial charge >= 0.3 is 11.7 Å². The Bertz CT molecular complexity index is 927. The number of carbonyl (C=O) groups is 1. The van der Waals surface area contributed by atoms with E-state index >= 15 is 0 Å². The molecule has 2 aromatic rings. The van der Waals surface area contributed by atoms with Crippen molar-refractivity contribution in [3.05, 3.63) is 26.7 Å². The molecule has 2 rings (SSSR count). The average Bonchev–Trinajstić information content (AvgIpc) is 3.03. The first-order valence-corrected chi connectivity index (χ1v) is 9.98. The summed E-state index contributed by atoms with van der Waals surface area (Å²) in [6, 6.07) is -0.677. The molecule has 0 bridgehead atoms. The van der Waals surface area contributed by atoms with E-state index in [1.807, 2.05) is 6.92 Å². The second kappa shape index (κ2) is 9.68. The maximum absolute atomic E-state index is 12.6. The van der Waals surface area contributed by atoms with Crippen LogP contribution in [0.4, 0.5) is 0 Å². The lowest BCUT2D eigenvalue weighted by atomic mass is 10.2. The van der Waals surface area contributed by atoms with E-state index in [-0.39, 0.29) is 17.8 Å². The Morgan fingerprint density at radius 1 is 1.25 bits per heavy atom. The molecule has 0 aromatic carbocycles. The number of carbonyl (C=O) groups excluding carboxylic acids is 1. The van der Waals surface area contributed by atoms with Crippen molar-refractivity contribution in [2.24, 2.45) is 7.05 Å². The van der Waals surface area contributed by atoms with Crippen molar-refractivity contribution in [3.8, 4) is 0 Å². The molecule has 9 heteroatoms. The van der Waals surface area contributed by atoms with Crippen LogP contribution in [0, 0.1) is 0 Å². The number of imidazole rings is 1. The van der Waals surface area contributed by atoms with E-state index in [4.69, 9.17) is 4.74 Å². The van der Waals surface area contributed by atoms with E-state index in [2.05, 4.69) is 28.7 Å². The summed E-state index contributed by atoms with van der Waals surface area (Å²) < 4.78 is 8.19. The standard InChI is InChI=1S/C19H31N5O4/c1-6-10-11-23(8-3)12-14-20-16-15(17(25)21-19(27)22(16)5)24(14)13(7-2)18(26)28-9-4/h13H,6-12H2,1-5H3,(H,21,25,27)/t13-/m0/s1. The molecule has 2 heterocycles. The maximum Gasteiger partial charge on any atom is 0.329 e. The van der Waals surface area contributed by atoms with Crippen LogP contribution < -0.4 is 11.2 Å². The van der Waals surface area contributed by atoms with Crippen molar-refractivity contribution < 1.29 is 9.53 Å². The molecule has 0 saturated heterocycles. The number of rotatable bonds is 10. The summed E-state index contributed by atoms with van der Waals surface area (Å²) in [5.74, 6) is 0.176. The van der Waals surface area contributed by atoms with Crippen molar-refractivity contribution in [2.75, 3.05) is 19.7 Å². The van der Waals surface area contributed by atoms with Gasteiger partial charge in [0.15, 0.2) is 11.2 Å². The third kappa shape index (κ3) is 4.35. The number of H-pyrrole nitrogens is 1. The highest BCUT2D eigenvalue weighted by atomic mass is 16.5. The highest BCUT2D eigenvalue weighted by molar-refractivity contribution is 5.79. The molecular weight excluding hydrogens is 362 g/mol. The lowest BCUT2D eigenvalue weighted by molar-refractivity contribution is -0.147. The number of aryl methyl sites for hydroxylation is 1. The van der Waals surface area contributed by atoms with Gasteiger partial charge in [0.25, 0.3) is 5.56 Å². The topological polar surface area (TPSA) is 102 Å². The summed E-state index contributed by atoms with van der Waals surface area (Å²) in [7, 11) is 1.56. The minimum Gasteiger partial charge on any atom is -0.464 e. The predicted molar refractivity (Wildman–Crippen MR) is 107 cm³/mol. The van der Waals surface area contributed by atoms with Crippen molar-refractivity contribution in [2.45, 2.75) is 59.5 Å². The molecule has 2 aromatic heterocycles. The predicted octanol–water partition coefficient (Wildman–Crippen LogP) is 1.56. The van der Waals surface area contributed by atoms with Crippen LogP contribution in [0.15, 0.2) is 9.59 Å². The van der Waals surface area contributed by atoms with Crippen LogP contribution in [0.1, 0.15) is 58.8 Å². The zero-order chi connectivity index (χ0) is 20.8. The van der Waals surface area contributed by atoms with Crippen molar-refractivity contribution >= 4 is 17.1 Å². The molecule has 0 radical (unpaired) electrons. The fourth-order valence-electron chi connectivity index (χ4n) is 3.32. The lowest BCUT2D eigenvalue weighted by Gasteiger charge is -2.23. The third-order valence-corrected chi connectivity index (χ3v) is 4.92. The Balaban J connectivity index is 2.69. The minimum absolute atomic E-state index is 0.226. The highest BCUT2D eigenvalue weighted by Crippen LogP contribution is 2.23. The van der Waals surface area contributed by atoms with Crippen molar-refractivity contribution in [1.29, 1.82) is 0 Å². The van der Waals surface area contributed by atoms with Gasteiger partial charge in [-0.3, -0.25) is 19.2 Å². The second-order valence-electron chi connectivity index (χ2n) is 6.79. The monoisotopic (exact) mass is 393 g/mol. The molecule has 156 valence electrons. The number of unbranched alkanes of at least 4 members (excludes halogenated alkanes) is 1. The van der Waals surface area contributed by atoms with Gasteiger partial charge in [0.1, 0.15) is 11.9 Å². The summed E-state index contributed by atoms with van der Waals surface area (Å²) in [6.45, 7) is 10.2. The zero-order valence-electron chi connectivity index (χ0n) is 17.4. The number of fused-ring (bicyclic) bond motifs is 1. The van der Waals surface area contributed by atoms with Gasteiger partial charge in [0, 0.05) is 7.05 Å². The number of aromatic nitrogens is 4. The molecule has 0 aliphatic heterocycles. The smallest absolute Gasteiger partial charge is 0.329 e. The van der Waals surface area contributed by atoms with Gasteiger partial charge in [-0.1, -0.05) is 27.2 Å². The molecule has 0 saturated carbocycles. The van der Waals surface area contributed by atoms with Crippen LogP contribution in [-0.2, 0) is 23.1 Å². The molecule has 9 nitrogen and oxygen atoms in total. The Kier molecular flexibility index (Phi) is 7.56. The first-order chi connectivity index (χ1) is 13.4. The molecular formula is C19H31N5O4. The Morgan fingerprint density at radius 2 is 1.96 bits per heavy atom. The Morgan fingerprint density at radius 3 is 2.54 bits per heavy atom. The largest absolute Gasteiger partial charge is 0.464 e. The van der Waals surface area contributed by atoms with E-state index in [1.54, 1.807) is 18.5 Å².